The smallest absolute Gasteiger partial charge is 0.437 e. The van der Waals surface area contributed by atoms with Crippen LogP contribution in [0, 0.1) is 0 Å². The van der Waals surface area contributed by atoms with Gasteiger partial charge in [0.05, 0.1) is 6.04 Å². The third kappa shape index (κ3) is 7.29. The molecule has 218 valence electrons. The van der Waals surface area contributed by atoms with Gasteiger partial charge in [0.25, 0.3) is 5.91 Å². The van der Waals surface area contributed by atoms with Crippen LogP contribution >= 0.6 is 0 Å². The van der Waals surface area contributed by atoms with Crippen molar-refractivity contribution in [1.29, 1.82) is 0 Å². The summed E-state index contributed by atoms with van der Waals surface area (Å²) in [7, 11) is 1.73. The van der Waals surface area contributed by atoms with Gasteiger partial charge in [0.1, 0.15) is 18.2 Å². The summed E-state index contributed by atoms with van der Waals surface area (Å²) in [5.74, 6) is -1.30. The fraction of sp³-hybridized carbons (Fsp3) is 0.433. The predicted octanol–water partition coefficient (Wildman–Crippen LogP) is 1.96. The fourth-order valence-electron chi connectivity index (χ4n) is 5.36. The molecule has 2 fully saturated rings. The van der Waals surface area contributed by atoms with Crippen molar-refractivity contribution < 1.29 is 23.9 Å². The molecule has 0 saturated carbocycles. The summed E-state index contributed by atoms with van der Waals surface area (Å²) in [6, 6.07) is 17.7. The molecule has 2 aromatic carbocycles. The predicted molar refractivity (Wildman–Crippen MR) is 153 cm³/mol. The van der Waals surface area contributed by atoms with E-state index in [0.717, 1.165) is 11.1 Å². The number of hydrogen-bond acceptors (Lipinski definition) is 6. The lowest BCUT2D eigenvalue weighted by molar-refractivity contribution is -0.144. The monoisotopic (exact) mass is 562 g/mol. The molecule has 2 heterocycles. The molecule has 0 aliphatic carbocycles. The van der Waals surface area contributed by atoms with Crippen molar-refractivity contribution in [3.05, 3.63) is 71.8 Å². The van der Waals surface area contributed by atoms with Crippen molar-refractivity contribution >= 4 is 29.8 Å². The summed E-state index contributed by atoms with van der Waals surface area (Å²) < 4.78 is 5.15. The maximum absolute atomic E-state index is 13.5. The van der Waals surface area contributed by atoms with Gasteiger partial charge in [-0.2, -0.15) is 0 Å². The number of likely N-dealkylation sites (N-methyl/N-ethyl adjacent to an activating group) is 1. The molecule has 4 amide bonds. The van der Waals surface area contributed by atoms with Crippen molar-refractivity contribution in [2.24, 2.45) is 10.7 Å². The first-order valence-electron chi connectivity index (χ1n) is 13.9. The molecule has 11 heteroatoms. The zero-order valence-corrected chi connectivity index (χ0v) is 23.5. The van der Waals surface area contributed by atoms with E-state index >= 15 is 0 Å². The van der Waals surface area contributed by atoms with Crippen LogP contribution in [-0.2, 0) is 32.1 Å². The van der Waals surface area contributed by atoms with Gasteiger partial charge in [-0.25, -0.2) is 4.79 Å². The molecule has 0 aromatic heterocycles. The Balaban J connectivity index is 1.38. The average molecular weight is 563 g/mol. The van der Waals surface area contributed by atoms with Gasteiger partial charge in [-0.1, -0.05) is 60.7 Å². The van der Waals surface area contributed by atoms with Gasteiger partial charge in [0.15, 0.2) is 0 Å². The second kappa shape index (κ2) is 13.4. The summed E-state index contributed by atoms with van der Waals surface area (Å²) in [5.41, 5.74) is 6.58. The molecule has 0 bridgehead atoms. The van der Waals surface area contributed by atoms with Crippen LogP contribution in [0.4, 0.5) is 4.79 Å². The minimum atomic E-state index is -1.27. The van der Waals surface area contributed by atoms with E-state index in [1.165, 1.54) is 4.90 Å². The fourth-order valence-corrected chi connectivity index (χ4v) is 5.36. The Bertz CT molecular complexity index is 1270. The van der Waals surface area contributed by atoms with Crippen molar-refractivity contribution in [1.82, 2.24) is 20.4 Å². The highest BCUT2D eigenvalue weighted by Crippen LogP contribution is 2.25. The van der Waals surface area contributed by atoms with Crippen molar-refractivity contribution in [2.45, 2.75) is 63.3 Å². The highest BCUT2D eigenvalue weighted by molar-refractivity contribution is 6.05. The number of nitrogens with zero attached hydrogens (tertiary/aromatic N) is 3. The zero-order chi connectivity index (χ0) is 29.4. The minimum Gasteiger partial charge on any atom is -0.443 e. The number of aliphatic imine (C=N–C) groups is 1. The molecule has 41 heavy (non-hydrogen) atoms. The summed E-state index contributed by atoms with van der Waals surface area (Å²) in [6.07, 6.45) is 1.69. The molecule has 0 spiro atoms. The van der Waals surface area contributed by atoms with E-state index in [0.29, 0.717) is 38.6 Å². The Kier molecular flexibility index (Phi) is 9.72. The summed E-state index contributed by atoms with van der Waals surface area (Å²) in [6.45, 7) is 2.37. The first kappa shape index (κ1) is 29.7. The third-order valence-electron chi connectivity index (χ3n) is 7.63. The number of piperidine rings is 1. The Morgan fingerprint density at radius 2 is 1.71 bits per heavy atom. The molecule has 2 aliphatic heterocycles. The van der Waals surface area contributed by atoms with Gasteiger partial charge in [-0.15, -0.1) is 4.99 Å². The SMILES string of the molecule is CN[C@H](Cc1ccccc1)C(=O)N1CCC[C@H]1C(=O)NC1(C)CCCN(/C(N)=N/C(=O)OCc2ccccc2)C1=O. The number of guanidine groups is 1. The van der Waals surface area contributed by atoms with Crippen LogP contribution in [0.3, 0.4) is 0 Å². The lowest BCUT2D eigenvalue weighted by atomic mass is 9.89. The molecule has 0 radical (unpaired) electrons. The molecule has 3 atom stereocenters. The van der Waals surface area contributed by atoms with Crippen LogP contribution in [0.1, 0.15) is 43.7 Å². The molecular formula is C30H38N6O5. The van der Waals surface area contributed by atoms with Crippen LogP contribution in [0.25, 0.3) is 0 Å². The van der Waals surface area contributed by atoms with Crippen molar-refractivity contribution in [2.75, 3.05) is 20.1 Å². The van der Waals surface area contributed by atoms with Gasteiger partial charge in [-0.05, 0) is 57.2 Å². The lowest BCUT2D eigenvalue weighted by Gasteiger charge is -2.40. The van der Waals surface area contributed by atoms with Gasteiger partial charge < -0.3 is 26.0 Å². The molecule has 2 aromatic rings. The van der Waals surface area contributed by atoms with Gasteiger partial charge in [-0.3, -0.25) is 19.3 Å². The second-order valence-corrected chi connectivity index (χ2v) is 10.6. The minimum absolute atomic E-state index is 0.0224. The largest absolute Gasteiger partial charge is 0.443 e. The average Bonchev–Trinajstić information content (AvgIpc) is 3.47. The van der Waals surface area contributed by atoms with Gasteiger partial charge in [0, 0.05) is 13.1 Å². The molecule has 11 nitrogen and oxygen atoms in total. The number of benzene rings is 2. The van der Waals surface area contributed by atoms with Crippen LogP contribution in [-0.4, -0.2) is 77.3 Å². The molecule has 4 N–H and O–H groups in total. The Morgan fingerprint density at radius 1 is 1.05 bits per heavy atom. The van der Waals surface area contributed by atoms with E-state index in [-0.39, 0.29) is 30.9 Å². The van der Waals surface area contributed by atoms with E-state index in [9.17, 15) is 19.2 Å². The Hall–Kier alpha value is -4.25. The standard InChI is InChI=1S/C30H38N6O5/c1-30(16-10-18-36(27(30)39)28(31)33-29(40)41-20-22-13-7-4-8-14-22)34-25(37)24-15-9-17-35(24)26(38)23(32-2)19-21-11-5-3-6-12-21/h3-8,11-14,23-24,32H,9-10,15-20H2,1-2H3,(H,34,37)(H2,31,33,40)/t23-,24+,30?/m1/s1. The van der Waals surface area contributed by atoms with E-state index in [4.69, 9.17) is 10.5 Å². The summed E-state index contributed by atoms with van der Waals surface area (Å²) in [5, 5.41) is 5.98. The van der Waals surface area contributed by atoms with E-state index < -0.39 is 29.6 Å². The number of nitrogens with two attached hydrogens (primary N) is 1. The van der Waals surface area contributed by atoms with Crippen LogP contribution in [0.15, 0.2) is 65.7 Å². The summed E-state index contributed by atoms with van der Waals surface area (Å²) >= 11 is 0. The Morgan fingerprint density at radius 3 is 2.37 bits per heavy atom. The summed E-state index contributed by atoms with van der Waals surface area (Å²) in [4.78, 5) is 59.2. The molecule has 2 saturated heterocycles. The van der Waals surface area contributed by atoms with Crippen molar-refractivity contribution in [3.63, 3.8) is 0 Å². The number of rotatable bonds is 8. The highest BCUT2D eigenvalue weighted by atomic mass is 16.5. The number of hydrogen-bond donors (Lipinski definition) is 3. The van der Waals surface area contributed by atoms with Crippen LogP contribution in [0.5, 0.6) is 0 Å². The number of nitrogens with one attached hydrogen (secondary N) is 2. The number of ether oxygens (including phenoxy) is 1. The number of carbonyl (C=O) groups excluding carboxylic acids is 4. The van der Waals surface area contributed by atoms with E-state index in [1.54, 1.807) is 18.9 Å². The van der Waals surface area contributed by atoms with Crippen LogP contribution < -0.4 is 16.4 Å². The quantitative estimate of drug-likeness (QED) is 0.329. The highest BCUT2D eigenvalue weighted by Gasteiger charge is 2.45. The molecule has 2 aliphatic rings. The molecule has 1 unspecified atom stereocenters. The van der Waals surface area contributed by atoms with E-state index in [1.807, 2.05) is 60.7 Å². The molecule has 4 rings (SSSR count). The Labute approximate surface area is 240 Å². The van der Waals surface area contributed by atoms with Gasteiger partial charge >= 0.3 is 6.09 Å². The van der Waals surface area contributed by atoms with E-state index in [2.05, 4.69) is 15.6 Å². The third-order valence-corrected chi connectivity index (χ3v) is 7.63. The topological polar surface area (TPSA) is 146 Å². The number of likely N-dealkylation sites (tertiary alicyclic amines) is 2. The zero-order valence-electron chi connectivity index (χ0n) is 23.5. The first-order chi connectivity index (χ1) is 19.7. The van der Waals surface area contributed by atoms with Crippen molar-refractivity contribution in [3.8, 4) is 0 Å². The van der Waals surface area contributed by atoms with Crippen LogP contribution in [0.2, 0.25) is 0 Å². The molecular weight excluding hydrogens is 524 g/mol. The second-order valence-electron chi connectivity index (χ2n) is 10.6. The van der Waals surface area contributed by atoms with Gasteiger partial charge in [0.2, 0.25) is 17.8 Å². The maximum atomic E-state index is 13.5. The normalized spacial score (nSPS) is 21.9. The first-order valence-corrected chi connectivity index (χ1v) is 13.9. The maximum Gasteiger partial charge on any atom is 0.437 e. The number of carbonyl (C=O) groups is 4. The lowest BCUT2D eigenvalue weighted by Crippen LogP contribution is -2.65. The number of amides is 4.